The van der Waals surface area contributed by atoms with Gasteiger partial charge in [0.15, 0.2) is 0 Å². The molecule has 1 aliphatic heterocycles. The van der Waals surface area contributed by atoms with E-state index in [-0.39, 0.29) is 17.5 Å². The minimum Gasteiger partial charge on any atom is -0.473 e. The van der Waals surface area contributed by atoms with Crippen LogP contribution in [0.2, 0.25) is 0 Å². The Morgan fingerprint density at radius 1 is 1.15 bits per heavy atom. The molecule has 0 spiro atoms. The summed E-state index contributed by atoms with van der Waals surface area (Å²) in [5, 5.41) is 11.2. The zero-order valence-corrected chi connectivity index (χ0v) is 14.7. The van der Waals surface area contributed by atoms with E-state index < -0.39 is 11.7 Å². The van der Waals surface area contributed by atoms with Gasteiger partial charge >= 0.3 is 6.18 Å². The molecule has 144 valence electrons. The van der Waals surface area contributed by atoms with E-state index in [0.29, 0.717) is 17.7 Å². The molecule has 0 bridgehead atoms. The van der Waals surface area contributed by atoms with Crippen molar-refractivity contribution in [1.82, 2.24) is 29.7 Å². The number of nitrogens with zero attached hydrogens (tertiary/aromatic N) is 5. The summed E-state index contributed by atoms with van der Waals surface area (Å²) in [5.41, 5.74) is 0.117. The first kappa shape index (κ1) is 17.8. The van der Waals surface area contributed by atoms with Crippen molar-refractivity contribution >= 4 is 5.52 Å². The van der Waals surface area contributed by atoms with Crippen molar-refractivity contribution in [2.24, 2.45) is 7.05 Å². The Balaban J connectivity index is 1.82. The fourth-order valence-electron chi connectivity index (χ4n) is 3.23. The van der Waals surface area contributed by atoms with Crippen LogP contribution in [0.3, 0.4) is 0 Å². The topological polar surface area (TPSA) is 69.3 Å². The molecular formula is C17H19F3N6O. The molecule has 1 saturated heterocycles. The number of alkyl halides is 3. The monoisotopic (exact) mass is 380 g/mol. The highest BCUT2D eigenvalue weighted by molar-refractivity contribution is 5.68. The van der Waals surface area contributed by atoms with Gasteiger partial charge in [-0.2, -0.15) is 23.4 Å². The lowest BCUT2D eigenvalue weighted by Gasteiger charge is -2.18. The summed E-state index contributed by atoms with van der Waals surface area (Å²) in [6, 6.07) is 0. The second-order valence-corrected chi connectivity index (χ2v) is 6.60. The highest BCUT2D eigenvalue weighted by Crippen LogP contribution is 2.37. The fraction of sp³-hybridized carbons (Fsp3) is 0.471. The van der Waals surface area contributed by atoms with Gasteiger partial charge in [-0.25, -0.2) is 9.50 Å². The zero-order valence-electron chi connectivity index (χ0n) is 14.7. The summed E-state index contributed by atoms with van der Waals surface area (Å²) >= 11 is 0. The van der Waals surface area contributed by atoms with Crippen LogP contribution in [0.1, 0.15) is 24.8 Å². The van der Waals surface area contributed by atoms with Gasteiger partial charge in [-0.3, -0.25) is 4.68 Å². The molecule has 27 heavy (non-hydrogen) atoms. The number of halogens is 3. The lowest BCUT2D eigenvalue weighted by atomic mass is 10.1. The molecule has 0 radical (unpaired) electrons. The van der Waals surface area contributed by atoms with E-state index in [9.17, 15) is 13.2 Å². The average molecular weight is 380 g/mol. The third-order valence-electron chi connectivity index (χ3n) is 4.57. The maximum atomic E-state index is 13.4. The van der Waals surface area contributed by atoms with E-state index in [0.717, 1.165) is 32.1 Å². The molecule has 4 heterocycles. The molecule has 7 nitrogen and oxygen atoms in total. The predicted octanol–water partition coefficient (Wildman–Crippen LogP) is 2.67. The number of nitrogens with one attached hydrogen (secondary N) is 1. The molecule has 3 aromatic heterocycles. The largest absolute Gasteiger partial charge is 0.473 e. The van der Waals surface area contributed by atoms with Crippen molar-refractivity contribution in [1.29, 1.82) is 0 Å². The van der Waals surface area contributed by atoms with Crippen LogP contribution in [0, 0.1) is 0 Å². The van der Waals surface area contributed by atoms with Crippen LogP contribution in [-0.4, -0.2) is 43.6 Å². The van der Waals surface area contributed by atoms with E-state index in [2.05, 4.69) is 20.5 Å². The number of fused-ring (bicyclic) bond motifs is 1. The van der Waals surface area contributed by atoms with Gasteiger partial charge in [0.1, 0.15) is 17.2 Å². The number of rotatable bonds is 3. The lowest BCUT2D eigenvalue weighted by Crippen LogP contribution is -2.20. The summed E-state index contributed by atoms with van der Waals surface area (Å²) in [7, 11) is 1.76. The normalized spacial score (nSPS) is 18.6. The Morgan fingerprint density at radius 3 is 2.74 bits per heavy atom. The summed E-state index contributed by atoms with van der Waals surface area (Å²) in [5.74, 6) is -0.0481. The minimum absolute atomic E-state index is 0.0481. The Kier molecular flexibility index (Phi) is 4.50. The van der Waals surface area contributed by atoms with E-state index in [1.807, 2.05) is 0 Å². The molecule has 0 unspecified atom stereocenters. The minimum atomic E-state index is -4.54. The number of ether oxygens (including phenoxy) is 1. The first-order valence-corrected chi connectivity index (χ1v) is 8.74. The van der Waals surface area contributed by atoms with Crippen LogP contribution < -0.4 is 10.1 Å². The van der Waals surface area contributed by atoms with Crippen LogP contribution in [0.15, 0.2) is 24.8 Å². The quantitative estimate of drug-likeness (QED) is 0.757. The fourth-order valence-corrected chi connectivity index (χ4v) is 3.23. The van der Waals surface area contributed by atoms with Crippen molar-refractivity contribution in [2.45, 2.75) is 31.5 Å². The molecular weight excluding hydrogens is 361 g/mol. The van der Waals surface area contributed by atoms with Crippen molar-refractivity contribution in [2.75, 3.05) is 13.1 Å². The molecule has 0 amide bonds. The van der Waals surface area contributed by atoms with Crippen LogP contribution in [0.25, 0.3) is 16.8 Å². The van der Waals surface area contributed by atoms with Crippen LogP contribution in [0.5, 0.6) is 5.88 Å². The first-order chi connectivity index (χ1) is 12.9. The van der Waals surface area contributed by atoms with E-state index >= 15 is 0 Å². The average Bonchev–Trinajstić information content (AvgIpc) is 3.15. The third kappa shape index (κ3) is 3.61. The molecule has 1 atom stereocenters. The van der Waals surface area contributed by atoms with Gasteiger partial charge in [-0.15, -0.1) is 0 Å². The maximum Gasteiger partial charge on any atom is 0.420 e. The van der Waals surface area contributed by atoms with E-state index in [1.54, 1.807) is 24.1 Å². The molecule has 3 aromatic rings. The van der Waals surface area contributed by atoms with Gasteiger partial charge in [-0.05, 0) is 32.4 Å². The number of hydrogen-bond acceptors (Lipinski definition) is 5. The van der Waals surface area contributed by atoms with Gasteiger partial charge in [-0.1, -0.05) is 0 Å². The molecule has 0 aromatic carbocycles. The van der Waals surface area contributed by atoms with E-state index in [1.165, 1.54) is 10.7 Å². The second-order valence-electron chi connectivity index (χ2n) is 6.60. The smallest absolute Gasteiger partial charge is 0.420 e. The van der Waals surface area contributed by atoms with E-state index in [4.69, 9.17) is 4.74 Å². The predicted molar refractivity (Wildman–Crippen MR) is 91.3 cm³/mol. The van der Waals surface area contributed by atoms with Gasteiger partial charge in [0.2, 0.25) is 5.88 Å². The van der Waals surface area contributed by atoms with Crippen molar-refractivity contribution in [3.8, 4) is 17.1 Å². The third-order valence-corrected chi connectivity index (χ3v) is 4.57. The maximum absolute atomic E-state index is 13.4. The van der Waals surface area contributed by atoms with Crippen molar-refractivity contribution < 1.29 is 17.9 Å². The molecule has 10 heteroatoms. The standard InChI is InChI=1S/C17H19F3N6O/c1-25-9-11(7-22-25)14-10-26-15(13(8-23-26)17(18,19)20)16(24-14)27-12-3-2-5-21-6-4-12/h7-10,12,21H,2-6H2,1H3/t12-/m1/s1. The molecule has 1 N–H and O–H groups in total. The lowest BCUT2D eigenvalue weighted by molar-refractivity contribution is -0.136. The Labute approximate surface area is 153 Å². The van der Waals surface area contributed by atoms with Crippen LogP contribution in [-0.2, 0) is 13.2 Å². The summed E-state index contributed by atoms with van der Waals surface area (Å²) in [6.07, 6.45) is 3.24. The van der Waals surface area contributed by atoms with Gasteiger partial charge in [0.25, 0.3) is 0 Å². The van der Waals surface area contributed by atoms with Gasteiger partial charge in [0.05, 0.1) is 24.3 Å². The first-order valence-electron chi connectivity index (χ1n) is 8.74. The Hall–Kier alpha value is -2.62. The Bertz CT molecular complexity index is 940. The highest BCUT2D eigenvalue weighted by atomic mass is 19.4. The molecule has 0 aliphatic carbocycles. The number of aryl methyl sites for hydroxylation is 1. The van der Waals surface area contributed by atoms with Crippen molar-refractivity contribution in [3.05, 3.63) is 30.4 Å². The number of hydrogen-bond donors (Lipinski definition) is 1. The summed E-state index contributed by atoms with van der Waals surface area (Å²) < 4.78 is 49.1. The second kappa shape index (κ2) is 6.84. The van der Waals surface area contributed by atoms with Crippen molar-refractivity contribution in [3.63, 3.8) is 0 Å². The SMILES string of the molecule is Cn1cc(-c2cn3ncc(C(F)(F)F)c3c(O[C@@H]3CCCNCC3)n2)cn1. The highest BCUT2D eigenvalue weighted by Gasteiger charge is 2.36. The molecule has 1 aliphatic rings. The zero-order chi connectivity index (χ0) is 19.0. The summed E-state index contributed by atoms with van der Waals surface area (Å²) in [6.45, 7) is 1.63. The number of aromatic nitrogens is 5. The molecule has 1 fully saturated rings. The summed E-state index contributed by atoms with van der Waals surface area (Å²) in [4.78, 5) is 4.40. The van der Waals surface area contributed by atoms with Crippen LogP contribution in [0.4, 0.5) is 13.2 Å². The Morgan fingerprint density at radius 2 is 2.00 bits per heavy atom. The van der Waals surface area contributed by atoms with Gasteiger partial charge in [0, 0.05) is 18.8 Å². The van der Waals surface area contributed by atoms with Gasteiger partial charge < -0.3 is 10.1 Å². The molecule has 4 rings (SSSR count). The molecule has 0 saturated carbocycles. The van der Waals surface area contributed by atoms with Crippen LogP contribution >= 0.6 is 0 Å².